The van der Waals surface area contributed by atoms with Crippen LogP contribution in [0.25, 0.3) is 0 Å². The largest absolute Gasteiger partial charge is 0.396 e. The minimum Gasteiger partial charge on any atom is -0.396 e. The first kappa shape index (κ1) is 18.3. The minimum atomic E-state index is 0.315. The van der Waals surface area contributed by atoms with Crippen molar-refractivity contribution in [3.05, 3.63) is 34.9 Å². The van der Waals surface area contributed by atoms with Crippen LogP contribution in [0, 0.1) is 12.8 Å². The average Bonchev–Trinajstić information content (AvgIpc) is 3.39. The fraction of sp³-hybridized carbons (Fsp3) is 0.632. The number of amides is 1. The fourth-order valence-corrected chi connectivity index (χ4v) is 3.42. The molecule has 2 saturated carbocycles. The molecule has 0 bridgehead atoms. The lowest BCUT2D eigenvalue weighted by Crippen LogP contribution is -2.38. The van der Waals surface area contributed by atoms with E-state index in [9.17, 15) is 4.79 Å². The van der Waals surface area contributed by atoms with Crippen molar-refractivity contribution in [2.24, 2.45) is 5.92 Å². The Hall–Kier alpha value is -1.06. The van der Waals surface area contributed by atoms with E-state index in [2.05, 4.69) is 4.90 Å². The van der Waals surface area contributed by atoms with Crippen LogP contribution in [0.2, 0.25) is 5.02 Å². The van der Waals surface area contributed by atoms with Gasteiger partial charge in [-0.3, -0.25) is 4.79 Å². The Morgan fingerprint density at radius 3 is 2.00 bits per heavy atom. The Kier molecular flexibility index (Phi) is 7.38. The van der Waals surface area contributed by atoms with Gasteiger partial charge in [-0.2, -0.15) is 0 Å². The Morgan fingerprint density at radius 1 is 1.09 bits per heavy atom. The van der Waals surface area contributed by atoms with Gasteiger partial charge in [0.2, 0.25) is 6.41 Å². The highest BCUT2D eigenvalue weighted by Gasteiger charge is 2.34. The summed E-state index contributed by atoms with van der Waals surface area (Å²) in [6.45, 7) is 2.35. The summed E-state index contributed by atoms with van der Waals surface area (Å²) in [7, 11) is 0. The zero-order chi connectivity index (χ0) is 16.7. The van der Waals surface area contributed by atoms with Gasteiger partial charge in [-0.1, -0.05) is 29.3 Å². The zero-order valence-corrected chi connectivity index (χ0v) is 14.7. The van der Waals surface area contributed by atoms with Crippen molar-refractivity contribution in [1.29, 1.82) is 0 Å². The maximum atomic E-state index is 11.0. The topological polar surface area (TPSA) is 40.5 Å². The summed E-state index contributed by atoms with van der Waals surface area (Å²) in [5, 5.41) is 9.67. The number of carbonyl (C=O) groups excluding carboxylic acids is 1. The molecule has 128 valence electrons. The molecule has 2 fully saturated rings. The summed E-state index contributed by atoms with van der Waals surface area (Å²) in [5.74, 6) is 0.693. The highest BCUT2D eigenvalue weighted by Crippen LogP contribution is 2.34. The second-order valence-electron chi connectivity index (χ2n) is 6.77. The zero-order valence-electron chi connectivity index (χ0n) is 14.0. The number of aryl methyl sites for hydroxylation is 1. The van der Waals surface area contributed by atoms with E-state index in [1.54, 1.807) is 0 Å². The molecule has 0 radical (unpaired) electrons. The quantitative estimate of drug-likeness (QED) is 0.818. The van der Waals surface area contributed by atoms with Gasteiger partial charge in [-0.05, 0) is 69.9 Å². The van der Waals surface area contributed by atoms with Gasteiger partial charge in [0.15, 0.2) is 0 Å². The first-order valence-corrected chi connectivity index (χ1v) is 9.07. The van der Waals surface area contributed by atoms with Crippen LogP contribution in [-0.4, -0.2) is 35.1 Å². The molecule has 1 amide bonds. The normalized spacial score (nSPS) is 23.6. The molecular formula is C19H28ClNO2. The highest BCUT2D eigenvalue weighted by atomic mass is 35.5. The number of rotatable bonds is 5. The van der Waals surface area contributed by atoms with Gasteiger partial charge in [0, 0.05) is 23.7 Å². The van der Waals surface area contributed by atoms with Crippen molar-refractivity contribution in [3.8, 4) is 0 Å². The number of aliphatic hydroxyl groups is 1. The Bertz CT molecular complexity index is 444. The van der Waals surface area contributed by atoms with Gasteiger partial charge in [0.1, 0.15) is 0 Å². The first-order valence-electron chi connectivity index (χ1n) is 8.69. The summed E-state index contributed by atoms with van der Waals surface area (Å²) in [5.41, 5.74) is 1.24. The molecule has 3 rings (SSSR count). The van der Waals surface area contributed by atoms with Crippen LogP contribution in [0.1, 0.15) is 50.5 Å². The molecule has 23 heavy (non-hydrogen) atoms. The van der Waals surface area contributed by atoms with Crippen LogP contribution in [-0.2, 0) is 4.79 Å². The molecule has 2 aliphatic rings. The van der Waals surface area contributed by atoms with Crippen LogP contribution in [0.5, 0.6) is 0 Å². The van der Waals surface area contributed by atoms with Crippen molar-refractivity contribution in [2.45, 2.75) is 64.0 Å². The van der Waals surface area contributed by atoms with Gasteiger partial charge in [0.25, 0.3) is 0 Å². The molecule has 1 N–H and O–H groups in total. The van der Waals surface area contributed by atoms with Crippen LogP contribution >= 0.6 is 11.6 Å². The van der Waals surface area contributed by atoms with E-state index in [-0.39, 0.29) is 0 Å². The summed E-state index contributed by atoms with van der Waals surface area (Å²) in [6.07, 6.45) is 9.04. The third kappa shape index (κ3) is 6.15. The van der Waals surface area contributed by atoms with Crippen LogP contribution in [0.15, 0.2) is 24.3 Å². The SMILES string of the molecule is Cc1ccc(Cl)cc1.O=CN(C1CCC(CCO)CC1)C1CC1. The van der Waals surface area contributed by atoms with E-state index in [4.69, 9.17) is 16.7 Å². The van der Waals surface area contributed by atoms with Crippen LogP contribution < -0.4 is 0 Å². The fourth-order valence-electron chi connectivity index (χ4n) is 3.29. The van der Waals surface area contributed by atoms with Gasteiger partial charge in [-0.15, -0.1) is 0 Å². The lowest BCUT2D eigenvalue weighted by molar-refractivity contribution is -0.121. The molecule has 3 nitrogen and oxygen atoms in total. The van der Waals surface area contributed by atoms with Gasteiger partial charge in [0.05, 0.1) is 0 Å². The number of aliphatic hydroxyl groups excluding tert-OH is 1. The number of hydrogen-bond acceptors (Lipinski definition) is 2. The van der Waals surface area contributed by atoms with E-state index >= 15 is 0 Å². The predicted octanol–water partition coefficient (Wildman–Crippen LogP) is 4.20. The van der Waals surface area contributed by atoms with E-state index in [1.807, 2.05) is 31.2 Å². The standard InChI is InChI=1S/C12H21NO2.C7H7Cl/c14-8-7-10-1-3-11(4-2-10)13(9-15)12-5-6-12;1-6-2-4-7(8)5-3-6/h9-12,14H,1-8H2;2-5H,1H3. The van der Waals surface area contributed by atoms with E-state index < -0.39 is 0 Å². The van der Waals surface area contributed by atoms with Crippen LogP contribution in [0.4, 0.5) is 0 Å². The number of benzene rings is 1. The predicted molar refractivity (Wildman–Crippen MR) is 94.6 cm³/mol. The van der Waals surface area contributed by atoms with Crippen molar-refractivity contribution >= 4 is 18.0 Å². The Morgan fingerprint density at radius 2 is 1.61 bits per heavy atom. The van der Waals surface area contributed by atoms with Gasteiger partial charge in [-0.25, -0.2) is 0 Å². The maximum Gasteiger partial charge on any atom is 0.210 e. The van der Waals surface area contributed by atoms with Crippen molar-refractivity contribution in [3.63, 3.8) is 0 Å². The number of carbonyl (C=O) groups is 1. The lowest BCUT2D eigenvalue weighted by Gasteiger charge is -2.34. The van der Waals surface area contributed by atoms with Crippen LogP contribution in [0.3, 0.4) is 0 Å². The number of hydrogen-bond donors (Lipinski definition) is 1. The maximum absolute atomic E-state index is 11.0. The minimum absolute atomic E-state index is 0.315. The highest BCUT2D eigenvalue weighted by molar-refractivity contribution is 6.30. The third-order valence-corrected chi connectivity index (χ3v) is 5.13. The molecule has 0 spiro atoms. The molecule has 1 aromatic rings. The summed E-state index contributed by atoms with van der Waals surface area (Å²) < 4.78 is 0. The first-order chi connectivity index (χ1) is 11.1. The van der Waals surface area contributed by atoms with Crippen molar-refractivity contribution in [1.82, 2.24) is 4.90 Å². The molecule has 4 heteroatoms. The molecule has 0 aliphatic heterocycles. The number of halogens is 1. The molecule has 0 atom stereocenters. The summed E-state index contributed by atoms with van der Waals surface area (Å²) >= 11 is 5.61. The smallest absolute Gasteiger partial charge is 0.210 e. The molecule has 0 heterocycles. The van der Waals surface area contributed by atoms with Crippen molar-refractivity contribution < 1.29 is 9.90 Å². The Labute approximate surface area is 144 Å². The summed E-state index contributed by atoms with van der Waals surface area (Å²) in [6, 6.07) is 8.80. The second kappa shape index (κ2) is 9.29. The molecule has 0 unspecified atom stereocenters. The molecule has 2 aliphatic carbocycles. The average molecular weight is 338 g/mol. The van der Waals surface area contributed by atoms with Gasteiger partial charge < -0.3 is 10.0 Å². The number of nitrogens with zero attached hydrogens (tertiary/aromatic N) is 1. The molecular weight excluding hydrogens is 310 g/mol. The molecule has 0 saturated heterocycles. The second-order valence-corrected chi connectivity index (χ2v) is 7.20. The monoisotopic (exact) mass is 337 g/mol. The van der Waals surface area contributed by atoms with E-state index in [1.165, 1.54) is 31.2 Å². The van der Waals surface area contributed by atoms with E-state index in [0.29, 0.717) is 24.6 Å². The van der Waals surface area contributed by atoms with E-state index in [0.717, 1.165) is 30.7 Å². The Balaban J connectivity index is 0.000000203. The van der Waals surface area contributed by atoms with Crippen molar-refractivity contribution in [2.75, 3.05) is 6.61 Å². The molecule has 0 aromatic heterocycles. The summed E-state index contributed by atoms with van der Waals surface area (Å²) in [4.78, 5) is 13.0. The van der Waals surface area contributed by atoms with Gasteiger partial charge >= 0.3 is 0 Å². The third-order valence-electron chi connectivity index (χ3n) is 4.88. The lowest BCUT2D eigenvalue weighted by atomic mass is 9.84. The molecule has 1 aromatic carbocycles.